The van der Waals surface area contributed by atoms with E-state index in [-0.39, 0.29) is 24.3 Å². The highest BCUT2D eigenvalue weighted by atomic mass is 16.5. The fourth-order valence-electron chi connectivity index (χ4n) is 2.68. The zero-order chi connectivity index (χ0) is 18.8. The van der Waals surface area contributed by atoms with Crippen LogP contribution in [-0.2, 0) is 9.59 Å². The summed E-state index contributed by atoms with van der Waals surface area (Å²) < 4.78 is 5.41. The van der Waals surface area contributed by atoms with Crippen molar-refractivity contribution in [2.45, 2.75) is 32.6 Å². The summed E-state index contributed by atoms with van der Waals surface area (Å²) in [5.74, 6) is 0.237. The van der Waals surface area contributed by atoms with Gasteiger partial charge in [0.05, 0.1) is 5.92 Å². The van der Waals surface area contributed by atoms with E-state index >= 15 is 0 Å². The predicted octanol–water partition coefficient (Wildman–Crippen LogP) is 3.72. The summed E-state index contributed by atoms with van der Waals surface area (Å²) in [6.45, 7) is 4.49. The third kappa shape index (κ3) is 5.92. The minimum Gasteiger partial charge on any atom is -0.484 e. The van der Waals surface area contributed by atoms with E-state index in [4.69, 9.17) is 4.74 Å². The minimum absolute atomic E-state index is 0.0194. The lowest BCUT2D eigenvalue weighted by atomic mass is 9.93. The highest BCUT2D eigenvalue weighted by Gasteiger charge is 2.19. The van der Waals surface area contributed by atoms with Gasteiger partial charge in [-0.3, -0.25) is 9.59 Å². The number of carbonyl (C=O) groups is 2. The number of amides is 2. The fraction of sp³-hybridized carbons (Fsp3) is 0.333. The second kappa shape index (κ2) is 10.2. The number of benzene rings is 2. The van der Waals surface area contributed by atoms with Gasteiger partial charge in [-0.25, -0.2) is 0 Å². The van der Waals surface area contributed by atoms with Gasteiger partial charge in [0.15, 0.2) is 6.61 Å². The van der Waals surface area contributed by atoms with Crippen LogP contribution in [0.15, 0.2) is 54.6 Å². The molecule has 138 valence electrons. The first-order valence-electron chi connectivity index (χ1n) is 8.99. The summed E-state index contributed by atoms with van der Waals surface area (Å²) in [6.07, 6.45) is 1.73. The van der Waals surface area contributed by atoms with Crippen molar-refractivity contribution in [2.75, 3.05) is 18.5 Å². The lowest BCUT2D eigenvalue weighted by Gasteiger charge is -2.17. The average molecular weight is 354 g/mol. The number of hydrogen-bond donors (Lipinski definition) is 2. The first-order valence-corrected chi connectivity index (χ1v) is 8.99. The van der Waals surface area contributed by atoms with Crippen LogP contribution in [0.4, 0.5) is 5.69 Å². The quantitative estimate of drug-likeness (QED) is 0.721. The summed E-state index contributed by atoms with van der Waals surface area (Å²) >= 11 is 0. The van der Waals surface area contributed by atoms with Crippen molar-refractivity contribution in [1.29, 1.82) is 0 Å². The molecule has 2 rings (SSSR count). The highest BCUT2D eigenvalue weighted by Crippen LogP contribution is 2.24. The number of carbonyl (C=O) groups excluding carboxylic acids is 2. The molecule has 0 heterocycles. The molecule has 1 unspecified atom stereocenters. The smallest absolute Gasteiger partial charge is 0.257 e. The van der Waals surface area contributed by atoms with Gasteiger partial charge in [-0.15, -0.1) is 0 Å². The normalized spacial score (nSPS) is 11.5. The van der Waals surface area contributed by atoms with Crippen LogP contribution in [0.5, 0.6) is 5.75 Å². The molecule has 0 radical (unpaired) electrons. The Kier molecular flexibility index (Phi) is 7.68. The van der Waals surface area contributed by atoms with Gasteiger partial charge in [-0.05, 0) is 43.2 Å². The Hall–Kier alpha value is -2.82. The Morgan fingerprint density at radius 2 is 1.69 bits per heavy atom. The average Bonchev–Trinajstić information content (AvgIpc) is 2.66. The van der Waals surface area contributed by atoms with Crippen LogP contribution in [0.25, 0.3) is 0 Å². The topological polar surface area (TPSA) is 67.4 Å². The van der Waals surface area contributed by atoms with Gasteiger partial charge in [0.2, 0.25) is 5.91 Å². The summed E-state index contributed by atoms with van der Waals surface area (Å²) in [5.41, 5.74) is 1.73. The van der Waals surface area contributed by atoms with Crippen molar-refractivity contribution in [1.82, 2.24) is 5.32 Å². The maximum atomic E-state index is 12.7. The molecule has 0 aliphatic heterocycles. The van der Waals surface area contributed by atoms with Gasteiger partial charge in [-0.2, -0.15) is 0 Å². The monoisotopic (exact) mass is 354 g/mol. The first kappa shape index (κ1) is 19.5. The number of hydrogen-bond acceptors (Lipinski definition) is 3. The van der Waals surface area contributed by atoms with Crippen LogP contribution in [0.1, 0.15) is 38.2 Å². The van der Waals surface area contributed by atoms with Crippen molar-refractivity contribution < 1.29 is 14.3 Å². The SMILES string of the molecule is CCCC(C(=O)Nc1ccc(OCC(=O)NCC)cc1)c1ccccc1. The third-order valence-electron chi connectivity index (χ3n) is 3.96. The number of nitrogens with one attached hydrogen (secondary N) is 2. The van der Waals surface area contributed by atoms with E-state index in [1.54, 1.807) is 24.3 Å². The molecular formula is C21H26N2O3. The molecule has 0 saturated heterocycles. The number of rotatable bonds is 9. The zero-order valence-corrected chi connectivity index (χ0v) is 15.3. The molecular weight excluding hydrogens is 328 g/mol. The maximum Gasteiger partial charge on any atom is 0.257 e. The molecule has 1 atom stereocenters. The summed E-state index contributed by atoms with van der Waals surface area (Å²) in [5, 5.41) is 5.64. The molecule has 0 fully saturated rings. The minimum atomic E-state index is -0.171. The van der Waals surface area contributed by atoms with Gasteiger partial charge >= 0.3 is 0 Å². The van der Waals surface area contributed by atoms with Crippen LogP contribution >= 0.6 is 0 Å². The third-order valence-corrected chi connectivity index (χ3v) is 3.96. The molecule has 5 nitrogen and oxygen atoms in total. The lowest BCUT2D eigenvalue weighted by Crippen LogP contribution is -2.28. The molecule has 26 heavy (non-hydrogen) atoms. The number of ether oxygens (including phenoxy) is 1. The molecule has 0 spiro atoms. The Morgan fingerprint density at radius 3 is 2.31 bits per heavy atom. The van der Waals surface area contributed by atoms with E-state index < -0.39 is 0 Å². The molecule has 2 N–H and O–H groups in total. The molecule has 0 aliphatic rings. The van der Waals surface area contributed by atoms with Crippen LogP contribution in [-0.4, -0.2) is 25.0 Å². The van der Waals surface area contributed by atoms with Crippen molar-refractivity contribution >= 4 is 17.5 Å². The molecule has 2 amide bonds. The largest absolute Gasteiger partial charge is 0.484 e. The first-order chi connectivity index (χ1) is 12.6. The van der Waals surface area contributed by atoms with E-state index in [0.717, 1.165) is 18.4 Å². The van der Waals surface area contributed by atoms with Gasteiger partial charge < -0.3 is 15.4 Å². The van der Waals surface area contributed by atoms with Gasteiger partial charge in [-0.1, -0.05) is 43.7 Å². The highest BCUT2D eigenvalue weighted by molar-refractivity contribution is 5.95. The van der Waals surface area contributed by atoms with E-state index in [2.05, 4.69) is 17.6 Å². The predicted molar refractivity (Wildman–Crippen MR) is 103 cm³/mol. The van der Waals surface area contributed by atoms with E-state index in [1.165, 1.54) is 0 Å². The van der Waals surface area contributed by atoms with Crippen LogP contribution in [0.2, 0.25) is 0 Å². The van der Waals surface area contributed by atoms with Gasteiger partial charge in [0.25, 0.3) is 5.91 Å². The van der Waals surface area contributed by atoms with Gasteiger partial charge in [0, 0.05) is 12.2 Å². The second-order valence-corrected chi connectivity index (χ2v) is 6.01. The summed E-state index contributed by atoms with van der Waals surface area (Å²) in [7, 11) is 0. The van der Waals surface area contributed by atoms with Gasteiger partial charge in [0.1, 0.15) is 5.75 Å². The molecule has 0 saturated carbocycles. The number of likely N-dealkylation sites (N-methyl/N-ethyl adjacent to an activating group) is 1. The molecule has 0 aromatic heterocycles. The molecule has 0 aliphatic carbocycles. The summed E-state index contributed by atoms with van der Waals surface area (Å²) in [6, 6.07) is 16.9. The van der Waals surface area contributed by atoms with Crippen LogP contribution < -0.4 is 15.4 Å². The Bertz CT molecular complexity index is 699. The molecule has 2 aromatic carbocycles. The molecule has 5 heteroatoms. The Labute approximate surface area is 154 Å². The Balaban J connectivity index is 1.96. The molecule has 0 bridgehead atoms. The van der Waals surface area contributed by atoms with Crippen molar-refractivity contribution in [3.05, 3.63) is 60.2 Å². The van der Waals surface area contributed by atoms with E-state index in [1.807, 2.05) is 37.3 Å². The van der Waals surface area contributed by atoms with E-state index in [9.17, 15) is 9.59 Å². The van der Waals surface area contributed by atoms with Crippen molar-refractivity contribution in [3.63, 3.8) is 0 Å². The maximum absolute atomic E-state index is 12.7. The number of anilines is 1. The summed E-state index contributed by atoms with van der Waals surface area (Å²) in [4.78, 5) is 24.1. The van der Waals surface area contributed by atoms with Crippen molar-refractivity contribution in [2.24, 2.45) is 0 Å². The fourth-order valence-corrected chi connectivity index (χ4v) is 2.68. The Morgan fingerprint density at radius 1 is 1.00 bits per heavy atom. The van der Waals surface area contributed by atoms with Crippen molar-refractivity contribution in [3.8, 4) is 5.75 Å². The van der Waals surface area contributed by atoms with E-state index in [0.29, 0.717) is 18.0 Å². The standard InChI is InChI=1S/C21H26N2O3/c1-3-8-19(16-9-6-5-7-10-16)21(25)23-17-11-13-18(14-12-17)26-15-20(24)22-4-2/h5-7,9-14,19H,3-4,8,15H2,1-2H3,(H,22,24)(H,23,25). The van der Waals surface area contributed by atoms with Crippen LogP contribution in [0.3, 0.4) is 0 Å². The van der Waals surface area contributed by atoms with Crippen LogP contribution in [0, 0.1) is 0 Å². The zero-order valence-electron chi connectivity index (χ0n) is 15.3. The lowest BCUT2D eigenvalue weighted by molar-refractivity contribution is -0.123. The second-order valence-electron chi connectivity index (χ2n) is 6.01. The molecule has 2 aromatic rings.